The molecule has 4 rings (SSSR count). The highest BCUT2D eigenvalue weighted by atomic mass is 32.1. The smallest absolute Gasteiger partial charge is 0.188 e. The van der Waals surface area contributed by atoms with Crippen LogP contribution in [0.15, 0.2) is 48.5 Å². The SMILES string of the molecule is CCOc1ccc2nc(C)cc(Nc3nc4ccccc4s3)c2c1. The molecule has 0 saturated heterocycles. The third kappa shape index (κ3) is 2.78. The van der Waals surface area contributed by atoms with Gasteiger partial charge in [-0.05, 0) is 50.2 Å². The van der Waals surface area contributed by atoms with E-state index in [1.165, 1.54) is 4.70 Å². The molecule has 0 aliphatic carbocycles. The molecule has 0 spiro atoms. The van der Waals surface area contributed by atoms with Gasteiger partial charge in [0.25, 0.3) is 0 Å². The van der Waals surface area contributed by atoms with E-state index < -0.39 is 0 Å². The second-order valence-electron chi connectivity index (χ2n) is 5.53. The van der Waals surface area contributed by atoms with Gasteiger partial charge in [-0.25, -0.2) is 4.98 Å². The van der Waals surface area contributed by atoms with Crippen molar-refractivity contribution in [3.05, 3.63) is 54.2 Å². The first-order valence-electron chi connectivity index (χ1n) is 7.90. The maximum Gasteiger partial charge on any atom is 0.188 e. The van der Waals surface area contributed by atoms with Crippen LogP contribution in [0.25, 0.3) is 21.1 Å². The van der Waals surface area contributed by atoms with E-state index in [4.69, 9.17) is 4.74 Å². The summed E-state index contributed by atoms with van der Waals surface area (Å²) in [6.07, 6.45) is 0. The third-order valence-electron chi connectivity index (χ3n) is 3.75. The van der Waals surface area contributed by atoms with Gasteiger partial charge in [-0.15, -0.1) is 0 Å². The standard InChI is InChI=1S/C19H17N3OS/c1-3-23-13-8-9-15-14(11-13)17(10-12(2)20-15)22-19-21-16-6-4-5-7-18(16)24-19/h4-11H,3H2,1-2H3,(H,20,21,22). The minimum atomic E-state index is 0.644. The summed E-state index contributed by atoms with van der Waals surface area (Å²) in [6, 6.07) is 16.2. The van der Waals surface area contributed by atoms with E-state index in [1.54, 1.807) is 11.3 Å². The van der Waals surface area contributed by atoms with Gasteiger partial charge in [0.15, 0.2) is 5.13 Å². The van der Waals surface area contributed by atoms with E-state index in [0.717, 1.165) is 38.7 Å². The van der Waals surface area contributed by atoms with Gasteiger partial charge >= 0.3 is 0 Å². The zero-order chi connectivity index (χ0) is 16.5. The number of thiazole rings is 1. The Balaban J connectivity index is 1.80. The minimum Gasteiger partial charge on any atom is -0.494 e. The number of rotatable bonds is 4. The number of nitrogens with zero attached hydrogens (tertiary/aromatic N) is 2. The van der Waals surface area contributed by atoms with Crippen LogP contribution in [0.1, 0.15) is 12.6 Å². The van der Waals surface area contributed by atoms with Crippen molar-refractivity contribution >= 4 is 43.3 Å². The Bertz CT molecular complexity index is 993. The highest BCUT2D eigenvalue weighted by molar-refractivity contribution is 7.22. The number of aryl methyl sites for hydroxylation is 1. The predicted octanol–water partition coefficient (Wildman–Crippen LogP) is 5.30. The summed E-state index contributed by atoms with van der Waals surface area (Å²) in [5.41, 5.74) is 3.92. The lowest BCUT2D eigenvalue weighted by atomic mass is 10.1. The fourth-order valence-electron chi connectivity index (χ4n) is 2.74. The molecule has 0 aliphatic heterocycles. The number of aromatic nitrogens is 2. The van der Waals surface area contributed by atoms with Crippen molar-refractivity contribution in [3.8, 4) is 5.75 Å². The Kier molecular flexibility index (Phi) is 3.78. The first kappa shape index (κ1) is 14.9. The van der Waals surface area contributed by atoms with E-state index in [0.29, 0.717) is 6.61 Å². The molecule has 0 fully saturated rings. The molecule has 0 amide bonds. The first-order valence-corrected chi connectivity index (χ1v) is 8.71. The molecule has 0 atom stereocenters. The zero-order valence-corrected chi connectivity index (χ0v) is 14.4. The zero-order valence-electron chi connectivity index (χ0n) is 13.5. The van der Waals surface area contributed by atoms with Crippen molar-refractivity contribution in [1.29, 1.82) is 0 Å². The molecule has 0 unspecified atom stereocenters. The predicted molar refractivity (Wildman–Crippen MR) is 101 cm³/mol. The number of ether oxygens (including phenoxy) is 1. The monoisotopic (exact) mass is 335 g/mol. The van der Waals surface area contributed by atoms with Crippen LogP contribution >= 0.6 is 11.3 Å². The Morgan fingerprint density at radius 3 is 2.75 bits per heavy atom. The highest BCUT2D eigenvalue weighted by Crippen LogP contribution is 2.32. The topological polar surface area (TPSA) is 47.0 Å². The number of hydrogen-bond donors (Lipinski definition) is 1. The molecule has 2 aromatic carbocycles. The fourth-order valence-corrected chi connectivity index (χ4v) is 3.62. The van der Waals surface area contributed by atoms with Crippen LogP contribution in [0.5, 0.6) is 5.75 Å². The Morgan fingerprint density at radius 1 is 1.04 bits per heavy atom. The van der Waals surface area contributed by atoms with Gasteiger partial charge in [-0.2, -0.15) is 0 Å². The van der Waals surface area contributed by atoms with E-state index in [-0.39, 0.29) is 0 Å². The summed E-state index contributed by atoms with van der Waals surface area (Å²) < 4.78 is 6.80. The Labute approximate surface area is 144 Å². The number of fused-ring (bicyclic) bond motifs is 2. The average molecular weight is 335 g/mol. The molecule has 4 nitrogen and oxygen atoms in total. The van der Waals surface area contributed by atoms with Crippen molar-refractivity contribution in [1.82, 2.24) is 9.97 Å². The summed E-state index contributed by atoms with van der Waals surface area (Å²) in [4.78, 5) is 9.27. The molecule has 0 bridgehead atoms. The van der Waals surface area contributed by atoms with Crippen LogP contribution in [0, 0.1) is 6.92 Å². The van der Waals surface area contributed by atoms with Crippen LogP contribution in [0.3, 0.4) is 0 Å². The van der Waals surface area contributed by atoms with E-state index >= 15 is 0 Å². The van der Waals surface area contributed by atoms with Gasteiger partial charge in [-0.3, -0.25) is 4.98 Å². The molecule has 2 heterocycles. The number of para-hydroxylation sites is 1. The number of pyridine rings is 1. The number of nitrogens with one attached hydrogen (secondary N) is 1. The Morgan fingerprint density at radius 2 is 1.92 bits per heavy atom. The van der Waals surface area contributed by atoms with Crippen LogP contribution in [-0.2, 0) is 0 Å². The summed E-state index contributed by atoms with van der Waals surface area (Å²) in [5.74, 6) is 0.850. The summed E-state index contributed by atoms with van der Waals surface area (Å²) >= 11 is 1.65. The van der Waals surface area contributed by atoms with E-state index in [1.807, 2.05) is 56.3 Å². The second kappa shape index (κ2) is 6.09. The summed E-state index contributed by atoms with van der Waals surface area (Å²) in [7, 11) is 0. The third-order valence-corrected chi connectivity index (χ3v) is 4.71. The summed E-state index contributed by atoms with van der Waals surface area (Å²) in [5, 5.41) is 5.37. The van der Waals surface area contributed by atoms with Crippen LogP contribution in [0.4, 0.5) is 10.8 Å². The number of benzene rings is 2. The number of hydrogen-bond acceptors (Lipinski definition) is 5. The maximum atomic E-state index is 5.63. The lowest BCUT2D eigenvalue weighted by molar-refractivity contribution is 0.340. The van der Waals surface area contributed by atoms with Crippen molar-refractivity contribution < 1.29 is 4.74 Å². The van der Waals surface area contributed by atoms with Gasteiger partial charge in [0.1, 0.15) is 5.75 Å². The normalized spacial score (nSPS) is 11.1. The quantitative estimate of drug-likeness (QED) is 0.550. The maximum absolute atomic E-state index is 5.63. The van der Waals surface area contributed by atoms with Gasteiger partial charge in [-0.1, -0.05) is 23.5 Å². The second-order valence-corrected chi connectivity index (χ2v) is 6.57. The lowest BCUT2D eigenvalue weighted by Crippen LogP contribution is -1.96. The van der Waals surface area contributed by atoms with E-state index in [2.05, 4.69) is 21.4 Å². The molecule has 0 radical (unpaired) electrons. The minimum absolute atomic E-state index is 0.644. The average Bonchev–Trinajstić information content (AvgIpc) is 2.98. The molecular formula is C19H17N3OS. The molecule has 4 aromatic rings. The Hall–Kier alpha value is -2.66. The van der Waals surface area contributed by atoms with Crippen molar-refractivity contribution in [2.24, 2.45) is 0 Å². The first-order chi connectivity index (χ1) is 11.7. The molecular weight excluding hydrogens is 318 g/mol. The van der Waals surface area contributed by atoms with Crippen molar-refractivity contribution in [3.63, 3.8) is 0 Å². The van der Waals surface area contributed by atoms with Gasteiger partial charge in [0, 0.05) is 11.1 Å². The molecule has 120 valence electrons. The molecule has 1 N–H and O–H groups in total. The van der Waals surface area contributed by atoms with Gasteiger partial charge in [0.05, 0.1) is 28.0 Å². The van der Waals surface area contributed by atoms with Crippen LogP contribution in [-0.4, -0.2) is 16.6 Å². The molecule has 5 heteroatoms. The number of anilines is 2. The van der Waals surface area contributed by atoms with Crippen LogP contribution in [0.2, 0.25) is 0 Å². The van der Waals surface area contributed by atoms with Crippen LogP contribution < -0.4 is 10.1 Å². The molecule has 24 heavy (non-hydrogen) atoms. The van der Waals surface area contributed by atoms with Crippen molar-refractivity contribution in [2.45, 2.75) is 13.8 Å². The molecule has 2 aromatic heterocycles. The molecule has 0 saturated carbocycles. The largest absolute Gasteiger partial charge is 0.494 e. The van der Waals surface area contributed by atoms with Gasteiger partial charge in [0.2, 0.25) is 0 Å². The van der Waals surface area contributed by atoms with Gasteiger partial charge < -0.3 is 10.1 Å². The van der Waals surface area contributed by atoms with Crippen molar-refractivity contribution in [2.75, 3.05) is 11.9 Å². The lowest BCUT2D eigenvalue weighted by Gasteiger charge is -2.10. The summed E-state index contributed by atoms with van der Waals surface area (Å²) in [6.45, 7) is 4.63. The van der Waals surface area contributed by atoms with E-state index in [9.17, 15) is 0 Å². The highest BCUT2D eigenvalue weighted by Gasteiger charge is 2.09. The fraction of sp³-hybridized carbons (Fsp3) is 0.158. The molecule has 0 aliphatic rings.